The SMILES string of the molecule is C[C@H](NC(=O)c1c(F)cccc1F)[C@H]1CCCO1. The molecule has 1 aromatic carbocycles. The summed E-state index contributed by atoms with van der Waals surface area (Å²) in [5.41, 5.74) is -0.539. The van der Waals surface area contributed by atoms with Crippen molar-refractivity contribution >= 4 is 5.91 Å². The minimum absolute atomic E-state index is 0.0798. The molecule has 0 bridgehead atoms. The Bertz CT molecular complexity index is 424. The van der Waals surface area contributed by atoms with Crippen LogP contribution in [0.4, 0.5) is 8.78 Å². The Kier molecular flexibility index (Phi) is 3.91. The van der Waals surface area contributed by atoms with E-state index in [4.69, 9.17) is 4.74 Å². The lowest BCUT2D eigenvalue weighted by Gasteiger charge is -2.20. The van der Waals surface area contributed by atoms with Gasteiger partial charge in [-0.15, -0.1) is 0 Å². The van der Waals surface area contributed by atoms with Crippen LogP contribution in [-0.4, -0.2) is 24.7 Å². The minimum atomic E-state index is -0.855. The molecule has 18 heavy (non-hydrogen) atoms. The van der Waals surface area contributed by atoms with E-state index < -0.39 is 23.1 Å². The molecule has 0 spiro atoms. The summed E-state index contributed by atoms with van der Waals surface area (Å²) in [6.45, 7) is 2.44. The van der Waals surface area contributed by atoms with Gasteiger partial charge >= 0.3 is 0 Å². The predicted molar refractivity (Wildman–Crippen MR) is 62.3 cm³/mol. The van der Waals surface area contributed by atoms with Crippen molar-refractivity contribution in [3.63, 3.8) is 0 Å². The molecule has 2 rings (SSSR count). The first kappa shape index (κ1) is 13.0. The maximum Gasteiger partial charge on any atom is 0.257 e. The van der Waals surface area contributed by atoms with Crippen molar-refractivity contribution in [1.82, 2.24) is 5.32 Å². The van der Waals surface area contributed by atoms with Crippen molar-refractivity contribution in [2.45, 2.75) is 31.9 Å². The molecule has 1 amide bonds. The van der Waals surface area contributed by atoms with Gasteiger partial charge in [0.25, 0.3) is 5.91 Å². The predicted octanol–water partition coefficient (Wildman–Crippen LogP) is 2.26. The van der Waals surface area contributed by atoms with Gasteiger partial charge in [-0.2, -0.15) is 0 Å². The van der Waals surface area contributed by atoms with Crippen molar-refractivity contribution < 1.29 is 18.3 Å². The summed E-state index contributed by atoms with van der Waals surface area (Å²) in [5.74, 6) is -2.45. The fraction of sp³-hybridized carbons (Fsp3) is 0.462. The molecule has 1 fully saturated rings. The number of rotatable bonds is 3. The maximum absolute atomic E-state index is 13.4. The van der Waals surface area contributed by atoms with Gasteiger partial charge in [-0.25, -0.2) is 8.78 Å². The van der Waals surface area contributed by atoms with Gasteiger partial charge in [-0.3, -0.25) is 4.79 Å². The van der Waals surface area contributed by atoms with Crippen molar-refractivity contribution in [1.29, 1.82) is 0 Å². The van der Waals surface area contributed by atoms with Crippen LogP contribution in [0.2, 0.25) is 0 Å². The first-order valence-electron chi connectivity index (χ1n) is 5.96. The molecular formula is C13H15F2NO2. The zero-order valence-electron chi connectivity index (χ0n) is 10.1. The highest BCUT2D eigenvalue weighted by Crippen LogP contribution is 2.17. The summed E-state index contributed by atoms with van der Waals surface area (Å²) < 4.78 is 32.2. The molecule has 0 aliphatic carbocycles. The largest absolute Gasteiger partial charge is 0.376 e. The number of amides is 1. The number of carbonyl (C=O) groups is 1. The van der Waals surface area contributed by atoms with Gasteiger partial charge in [0.2, 0.25) is 0 Å². The van der Waals surface area contributed by atoms with Crippen molar-refractivity contribution in [3.05, 3.63) is 35.4 Å². The van der Waals surface area contributed by atoms with Crippen LogP contribution >= 0.6 is 0 Å². The van der Waals surface area contributed by atoms with Crippen LogP contribution in [0.3, 0.4) is 0 Å². The third kappa shape index (κ3) is 2.67. The first-order chi connectivity index (χ1) is 8.59. The Morgan fingerprint density at radius 3 is 2.67 bits per heavy atom. The summed E-state index contributed by atoms with van der Waals surface area (Å²) >= 11 is 0. The Morgan fingerprint density at radius 1 is 1.44 bits per heavy atom. The second-order valence-electron chi connectivity index (χ2n) is 4.41. The molecule has 3 nitrogen and oxygen atoms in total. The average Bonchev–Trinajstić information content (AvgIpc) is 2.81. The quantitative estimate of drug-likeness (QED) is 0.899. The minimum Gasteiger partial charge on any atom is -0.376 e. The van der Waals surface area contributed by atoms with E-state index >= 15 is 0 Å². The molecular weight excluding hydrogens is 240 g/mol. The Balaban J connectivity index is 2.07. The lowest BCUT2D eigenvalue weighted by molar-refractivity contribution is 0.0707. The third-order valence-electron chi connectivity index (χ3n) is 3.07. The standard InChI is InChI=1S/C13H15F2NO2/c1-8(11-6-3-7-18-11)16-13(17)12-9(14)4-2-5-10(12)15/h2,4-5,8,11H,3,6-7H2,1H3,(H,16,17)/t8-,11+/m0/s1. The first-order valence-corrected chi connectivity index (χ1v) is 5.96. The highest BCUT2D eigenvalue weighted by Gasteiger charge is 2.26. The average molecular weight is 255 g/mol. The Labute approximate surface area is 104 Å². The normalized spacial score (nSPS) is 20.7. The van der Waals surface area contributed by atoms with Crippen LogP contribution in [0.1, 0.15) is 30.1 Å². The van der Waals surface area contributed by atoms with E-state index in [9.17, 15) is 13.6 Å². The maximum atomic E-state index is 13.4. The van der Waals surface area contributed by atoms with E-state index in [-0.39, 0.29) is 12.1 Å². The second kappa shape index (κ2) is 5.44. The molecule has 0 unspecified atom stereocenters. The van der Waals surface area contributed by atoms with Crippen molar-refractivity contribution in [3.8, 4) is 0 Å². The fourth-order valence-electron chi connectivity index (χ4n) is 2.08. The number of hydrogen-bond donors (Lipinski definition) is 1. The molecule has 1 aliphatic rings. The second-order valence-corrected chi connectivity index (χ2v) is 4.41. The van der Waals surface area contributed by atoms with Crippen LogP contribution < -0.4 is 5.32 Å². The number of halogens is 2. The van der Waals surface area contributed by atoms with Gasteiger partial charge in [0.1, 0.15) is 17.2 Å². The highest BCUT2D eigenvalue weighted by atomic mass is 19.1. The molecule has 0 radical (unpaired) electrons. The van der Waals surface area contributed by atoms with Crippen LogP contribution in [0.5, 0.6) is 0 Å². The summed E-state index contributed by atoms with van der Waals surface area (Å²) in [6, 6.07) is 3.09. The molecule has 1 aliphatic heterocycles. The molecule has 1 aromatic rings. The number of ether oxygens (including phenoxy) is 1. The van der Waals surface area contributed by atoms with Gasteiger partial charge in [-0.1, -0.05) is 6.07 Å². The van der Waals surface area contributed by atoms with Crippen LogP contribution in [0, 0.1) is 11.6 Å². The highest BCUT2D eigenvalue weighted by molar-refractivity contribution is 5.94. The Morgan fingerprint density at radius 2 is 2.11 bits per heavy atom. The van der Waals surface area contributed by atoms with Gasteiger partial charge in [0.05, 0.1) is 12.1 Å². The van der Waals surface area contributed by atoms with Gasteiger partial charge < -0.3 is 10.1 Å². The van der Waals surface area contributed by atoms with Crippen LogP contribution in [0.25, 0.3) is 0 Å². The van der Waals surface area contributed by atoms with Crippen molar-refractivity contribution in [2.24, 2.45) is 0 Å². The number of benzene rings is 1. The summed E-state index contributed by atoms with van der Waals surface area (Å²) in [4.78, 5) is 11.8. The van der Waals surface area contributed by atoms with E-state index in [1.165, 1.54) is 6.07 Å². The lowest BCUT2D eigenvalue weighted by Crippen LogP contribution is -2.41. The monoisotopic (exact) mass is 255 g/mol. The van der Waals surface area contributed by atoms with E-state index in [0.29, 0.717) is 6.61 Å². The van der Waals surface area contributed by atoms with Crippen molar-refractivity contribution in [2.75, 3.05) is 6.61 Å². The third-order valence-corrected chi connectivity index (χ3v) is 3.07. The number of hydrogen-bond acceptors (Lipinski definition) is 2. The molecule has 0 saturated carbocycles. The Hall–Kier alpha value is -1.49. The molecule has 5 heteroatoms. The topological polar surface area (TPSA) is 38.3 Å². The van der Waals surface area contributed by atoms with Gasteiger partial charge in [0, 0.05) is 6.61 Å². The zero-order chi connectivity index (χ0) is 13.1. The summed E-state index contributed by atoms with van der Waals surface area (Å²) in [6.07, 6.45) is 1.71. The summed E-state index contributed by atoms with van der Waals surface area (Å²) in [5, 5.41) is 2.58. The molecule has 1 heterocycles. The number of carbonyl (C=O) groups excluding carboxylic acids is 1. The molecule has 98 valence electrons. The lowest BCUT2D eigenvalue weighted by atomic mass is 10.1. The molecule has 0 aromatic heterocycles. The van der Waals surface area contributed by atoms with E-state index in [0.717, 1.165) is 25.0 Å². The van der Waals surface area contributed by atoms with E-state index in [1.807, 2.05) is 0 Å². The van der Waals surface area contributed by atoms with Gasteiger partial charge in [0.15, 0.2) is 0 Å². The van der Waals surface area contributed by atoms with Crippen LogP contribution in [-0.2, 0) is 4.74 Å². The molecule has 1 N–H and O–H groups in total. The van der Waals surface area contributed by atoms with E-state index in [2.05, 4.69) is 5.32 Å². The fourth-order valence-corrected chi connectivity index (χ4v) is 2.08. The smallest absolute Gasteiger partial charge is 0.257 e. The number of nitrogens with one attached hydrogen (secondary N) is 1. The van der Waals surface area contributed by atoms with Crippen LogP contribution in [0.15, 0.2) is 18.2 Å². The van der Waals surface area contributed by atoms with E-state index in [1.54, 1.807) is 6.92 Å². The molecule has 2 atom stereocenters. The van der Waals surface area contributed by atoms with Gasteiger partial charge in [-0.05, 0) is 31.9 Å². The molecule has 1 saturated heterocycles. The zero-order valence-corrected chi connectivity index (χ0v) is 10.1. The summed E-state index contributed by atoms with van der Waals surface area (Å²) in [7, 11) is 0.